The number of allylic oxidation sites excluding steroid dienone is 3. The SMILES string of the molecule is C=C1C=C(OC)CCC1. The van der Waals surface area contributed by atoms with Gasteiger partial charge in [-0.15, -0.1) is 0 Å². The zero-order valence-electron chi connectivity index (χ0n) is 5.81. The molecule has 0 spiro atoms. The standard InChI is InChI=1S/C8H12O/c1-7-4-3-5-8(6-7)9-2/h6H,1,3-5H2,2H3. The first-order valence-corrected chi connectivity index (χ1v) is 3.25. The van der Waals surface area contributed by atoms with Crippen LogP contribution >= 0.6 is 0 Å². The summed E-state index contributed by atoms with van der Waals surface area (Å²) in [6, 6.07) is 0. The fraction of sp³-hybridized carbons (Fsp3) is 0.500. The highest BCUT2D eigenvalue weighted by Gasteiger charge is 2.04. The van der Waals surface area contributed by atoms with Gasteiger partial charge in [0.2, 0.25) is 0 Å². The van der Waals surface area contributed by atoms with Crippen LogP contribution in [0.25, 0.3) is 0 Å². The molecule has 1 rings (SSSR count). The summed E-state index contributed by atoms with van der Waals surface area (Å²) in [5, 5.41) is 0. The molecule has 0 aromatic carbocycles. The van der Waals surface area contributed by atoms with Crippen LogP contribution in [0.15, 0.2) is 24.0 Å². The average Bonchev–Trinajstić information content (AvgIpc) is 1.88. The minimum atomic E-state index is 1.08. The summed E-state index contributed by atoms with van der Waals surface area (Å²) >= 11 is 0. The number of hydrogen-bond donors (Lipinski definition) is 0. The van der Waals surface area contributed by atoms with Crippen LogP contribution in [0.4, 0.5) is 0 Å². The Morgan fingerprint density at radius 1 is 1.56 bits per heavy atom. The van der Waals surface area contributed by atoms with Crippen molar-refractivity contribution in [3.8, 4) is 0 Å². The van der Waals surface area contributed by atoms with Crippen LogP contribution in [-0.4, -0.2) is 7.11 Å². The fourth-order valence-corrected chi connectivity index (χ4v) is 1.02. The van der Waals surface area contributed by atoms with Crippen molar-refractivity contribution in [2.24, 2.45) is 0 Å². The van der Waals surface area contributed by atoms with Crippen molar-refractivity contribution in [1.29, 1.82) is 0 Å². The van der Waals surface area contributed by atoms with Crippen LogP contribution in [0.3, 0.4) is 0 Å². The van der Waals surface area contributed by atoms with Crippen LogP contribution in [0.5, 0.6) is 0 Å². The molecule has 0 radical (unpaired) electrons. The predicted molar refractivity (Wildman–Crippen MR) is 38.1 cm³/mol. The van der Waals surface area contributed by atoms with Crippen LogP contribution in [-0.2, 0) is 4.74 Å². The van der Waals surface area contributed by atoms with Gasteiger partial charge in [0.1, 0.15) is 0 Å². The van der Waals surface area contributed by atoms with E-state index in [1.807, 2.05) is 6.08 Å². The Kier molecular flexibility index (Phi) is 1.93. The average molecular weight is 124 g/mol. The monoisotopic (exact) mass is 124 g/mol. The Labute approximate surface area is 56.0 Å². The lowest BCUT2D eigenvalue weighted by Gasteiger charge is -2.12. The molecule has 1 heteroatoms. The van der Waals surface area contributed by atoms with E-state index in [2.05, 4.69) is 6.58 Å². The summed E-state index contributed by atoms with van der Waals surface area (Å²) in [5.41, 5.74) is 1.19. The molecular formula is C8H12O. The van der Waals surface area contributed by atoms with E-state index in [-0.39, 0.29) is 0 Å². The van der Waals surface area contributed by atoms with Crippen molar-refractivity contribution in [3.63, 3.8) is 0 Å². The van der Waals surface area contributed by atoms with Crippen molar-refractivity contribution in [3.05, 3.63) is 24.0 Å². The Hall–Kier alpha value is -0.720. The summed E-state index contributed by atoms with van der Waals surface area (Å²) in [7, 11) is 1.71. The molecule has 0 saturated carbocycles. The van der Waals surface area contributed by atoms with Gasteiger partial charge in [0.15, 0.2) is 0 Å². The van der Waals surface area contributed by atoms with E-state index in [0.717, 1.165) is 18.6 Å². The summed E-state index contributed by atoms with van der Waals surface area (Å²) in [5.74, 6) is 1.08. The van der Waals surface area contributed by atoms with E-state index in [4.69, 9.17) is 4.74 Å². The smallest absolute Gasteiger partial charge is 0.0958 e. The van der Waals surface area contributed by atoms with Crippen molar-refractivity contribution < 1.29 is 4.74 Å². The molecule has 0 aromatic heterocycles. The molecule has 0 N–H and O–H groups in total. The third kappa shape index (κ3) is 1.60. The van der Waals surface area contributed by atoms with Crippen LogP contribution in [0.2, 0.25) is 0 Å². The molecule has 0 aromatic rings. The lowest BCUT2D eigenvalue weighted by Crippen LogP contribution is -1.94. The summed E-state index contributed by atoms with van der Waals surface area (Å²) in [6.45, 7) is 3.86. The molecule has 9 heavy (non-hydrogen) atoms. The lowest BCUT2D eigenvalue weighted by molar-refractivity contribution is 0.271. The quantitative estimate of drug-likeness (QED) is 0.521. The van der Waals surface area contributed by atoms with Crippen LogP contribution in [0, 0.1) is 0 Å². The summed E-state index contributed by atoms with van der Waals surface area (Å²) in [4.78, 5) is 0. The van der Waals surface area contributed by atoms with Crippen molar-refractivity contribution in [2.75, 3.05) is 7.11 Å². The van der Waals surface area contributed by atoms with E-state index in [1.165, 1.54) is 12.0 Å². The van der Waals surface area contributed by atoms with E-state index < -0.39 is 0 Å². The summed E-state index contributed by atoms with van der Waals surface area (Å²) in [6.07, 6.45) is 5.43. The van der Waals surface area contributed by atoms with Crippen molar-refractivity contribution >= 4 is 0 Å². The molecule has 0 fully saturated rings. The Morgan fingerprint density at radius 2 is 2.33 bits per heavy atom. The zero-order valence-corrected chi connectivity index (χ0v) is 5.81. The second-order valence-corrected chi connectivity index (χ2v) is 2.33. The molecule has 0 amide bonds. The minimum Gasteiger partial charge on any atom is -0.501 e. The highest BCUT2D eigenvalue weighted by molar-refractivity contribution is 5.20. The van der Waals surface area contributed by atoms with Gasteiger partial charge in [0.05, 0.1) is 12.9 Å². The number of methoxy groups -OCH3 is 1. The third-order valence-corrected chi connectivity index (χ3v) is 1.55. The van der Waals surface area contributed by atoms with E-state index in [0.29, 0.717) is 0 Å². The number of rotatable bonds is 1. The Morgan fingerprint density at radius 3 is 2.78 bits per heavy atom. The van der Waals surface area contributed by atoms with Gasteiger partial charge in [0.25, 0.3) is 0 Å². The first-order chi connectivity index (χ1) is 4.33. The van der Waals surface area contributed by atoms with Gasteiger partial charge in [-0.3, -0.25) is 0 Å². The molecule has 0 heterocycles. The van der Waals surface area contributed by atoms with Crippen molar-refractivity contribution in [1.82, 2.24) is 0 Å². The normalized spacial score (nSPS) is 19.2. The molecule has 1 aliphatic carbocycles. The van der Waals surface area contributed by atoms with Gasteiger partial charge < -0.3 is 4.74 Å². The second-order valence-electron chi connectivity index (χ2n) is 2.33. The minimum absolute atomic E-state index is 1.08. The lowest BCUT2D eigenvalue weighted by atomic mass is 10.0. The zero-order chi connectivity index (χ0) is 6.69. The maximum atomic E-state index is 5.06. The van der Waals surface area contributed by atoms with Crippen LogP contribution < -0.4 is 0 Å². The third-order valence-electron chi connectivity index (χ3n) is 1.55. The predicted octanol–water partition coefficient (Wildman–Crippen LogP) is 2.26. The highest BCUT2D eigenvalue weighted by Crippen LogP contribution is 2.20. The van der Waals surface area contributed by atoms with Gasteiger partial charge in [-0.2, -0.15) is 0 Å². The maximum Gasteiger partial charge on any atom is 0.0958 e. The molecule has 0 bridgehead atoms. The molecular weight excluding hydrogens is 112 g/mol. The topological polar surface area (TPSA) is 9.23 Å². The Balaban J connectivity index is 2.59. The molecule has 0 atom stereocenters. The van der Waals surface area contributed by atoms with Crippen molar-refractivity contribution in [2.45, 2.75) is 19.3 Å². The molecule has 0 saturated heterocycles. The number of ether oxygens (including phenoxy) is 1. The van der Waals surface area contributed by atoms with Gasteiger partial charge in [-0.1, -0.05) is 12.2 Å². The highest BCUT2D eigenvalue weighted by atomic mass is 16.5. The van der Waals surface area contributed by atoms with E-state index in [9.17, 15) is 0 Å². The molecule has 1 aliphatic rings. The maximum absolute atomic E-state index is 5.06. The summed E-state index contributed by atoms with van der Waals surface area (Å²) < 4.78 is 5.06. The molecule has 50 valence electrons. The molecule has 0 unspecified atom stereocenters. The fourth-order valence-electron chi connectivity index (χ4n) is 1.02. The van der Waals surface area contributed by atoms with Gasteiger partial charge in [0, 0.05) is 6.42 Å². The van der Waals surface area contributed by atoms with Gasteiger partial charge in [-0.25, -0.2) is 0 Å². The van der Waals surface area contributed by atoms with Crippen LogP contribution in [0.1, 0.15) is 19.3 Å². The largest absolute Gasteiger partial charge is 0.501 e. The second kappa shape index (κ2) is 2.72. The molecule has 0 aliphatic heterocycles. The van der Waals surface area contributed by atoms with Gasteiger partial charge in [-0.05, 0) is 18.9 Å². The van der Waals surface area contributed by atoms with E-state index in [1.54, 1.807) is 7.11 Å². The first kappa shape index (κ1) is 6.40. The van der Waals surface area contributed by atoms with E-state index >= 15 is 0 Å². The molecule has 1 nitrogen and oxygen atoms in total. The van der Waals surface area contributed by atoms with Gasteiger partial charge >= 0.3 is 0 Å². The Bertz CT molecular complexity index is 145. The first-order valence-electron chi connectivity index (χ1n) is 3.25. The number of hydrogen-bond acceptors (Lipinski definition) is 1.